The van der Waals surface area contributed by atoms with Gasteiger partial charge in [-0.3, -0.25) is 9.59 Å². The first-order chi connectivity index (χ1) is 9.05. The van der Waals surface area contributed by atoms with Gasteiger partial charge in [0.25, 0.3) is 0 Å². The third kappa shape index (κ3) is 1.87. The van der Waals surface area contributed by atoms with E-state index in [9.17, 15) is 9.59 Å². The quantitative estimate of drug-likeness (QED) is 0.816. The summed E-state index contributed by atoms with van der Waals surface area (Å²) >= 11 is 0. The molecule has 4 bridgehead atoms. The molecule has 0 unspecified atom stereocenters. The normalized spacial score (nSPS) is 50.0. The summed E-state index contributed by atoms with van der Waals surface area (Å²) < 4.78 is 0. The largest absolute Gasteiger partial charge is 0.481 e. The molecule has 4 nitrogen and oxygen atoms in total. The second-order valence-electron chi connectivity index (χ2n) is 7.47. The zero-order chi connectivity index (χ0) is 13.2. The molecule has 0 saturated heterocycles. The number of rotatable bonds is 3. The van der Waals surface area contributed by atoms with Crippen LogP contribution in [0.4, 0.5) is 0 Å². The number of carboxylic acids is 1. The summed E-state index contributed by atoms with van der Waals surface area (Å²) in [6.07, 6.45) is 8.01. The summed E-state index contributed by atoms with van der Waals surface area (Å²) in [5.41, 5.74) is 0.0253. The molecule has 5 rings (SSSR count). The fraction of sp³-hybridized carbons (Fsp3) is 0.867. The van der Waals surface area contributed by atoms with Crippen LogP contribution in [0, 0.1) is 29.6 Å². The van der Waals surface area contributed by atoms with Crippen molar-refractivity contribution >= 4 is 11.9 Å². The van der Waals surface area contributed by atoms with Crippen molar-refractivity contribution in [3.8, 4) is 0 Å². The van der Waals surface area contributed by atoms with Crippen molar-refractivity contribution in [2.75, 3.05) is 0 Å². The minimum Gasteiger partial charge on any atom is -0.481 e. The summed E-state index contributed by atoms with van der Waals surface area (Å²) in [5.74, 6) is 0.933. The summed E-state index contributed by atoms with van der Waals surface area (Å²) in [6, 6.07) is 0. The summed E-state index contributed by atoms with van der Waals surface area (Å²) in [7, 11) is 0. The van der Waals surface area contributed by atoms with Gasteiger partial charge in [-0.25, -0.2) is 0 Å². The Morgan fingerprint density at radius 2 is 1.42 bits per heavy atom. The highest BCUT2D eigenvalue weighted by Gasteiger charge is 2.54. The third-order valence-corrected chi connectivity index (χ3v) is 5.87. The van der Waals surface area contributed by atoms with Gasteiger partial charge in [-0.2, -0.15) is 0 Å². The first-order valence-electron chi connectivity index (χ1n) is 7.59. The molecule has 0 aromatic carbocycles. The second kappa shape index (κ2) is 3.74. The van der Waals surface area contributed by atoms with E-state index < -0.39 is 11.9 Å². The average molecular weight is 263 g/mol. The average Bonchev–Trinajstić information content (AvgIpc) is 3.05. The van der Waals surface area contributed by atoms with Gasteiger partial charge in [0.15, 0.2) is 0 Å². The minimum absolute atomic E-state index is 0.00866. The number of carboxylic acid groups (broad SMARTS) is 1. The molecule has 0 heterocycles. The van der Waals surface area contributed by atoms with Gasteiger partial charge in [-0.1, -0.05) is 0 Å². The molecule has 2 N–H and O–H groups in total. The number of hydrogen-bond acceptors (Lipinski definition) is 2. The van der Waals surface area contributed by atoms with Crippen molar-refractivity contribution in [3.05, 3.63) is 0 Å². The van der Waals surface area contributed by atoms with Gasteiger partial charge in [0, 0.05) is 5.54 Å². The lowest BCUT2D eigenvalue weighted by molar-refractivity contribution is -0.141. The van der Waals surface area contributed by atoms with E-state index in [4.69, 9.17) is 5.11 Å². The summed E-state index contributed by atoms with van der Waals surface area (Å²) in [5, 5.41) is 12.2. The Balaban J connectivity index is 1.45. The van der Waals surface area contributed by atoms with Crippen LogP contribution in [0.5, 0.6) is 0 Å². The molecule has 5 fully saturated rings. The monoisotopic (exact) mass is 263 g/mol. The number of carbonyl (C=O) groups is 2. The molecule has 0 radical (unpaired) electrons. The van der Waals surface area contributed by atoms with E-state index in [0.717, 1.165) is 37.0 Å². The van der Waals surface area contributed by atoms with Crippen LogP contribution in [-0.4, -0.2) is 22.5 Å². The van der Waals surface area contributed by atoms with E-state index >= 15 is 0 Å². The third-order valence-electron chi connectivity index (χ3n) is 5.87. The van der Waals surface area contributed by atoms with Crippen molar-refractivity contribution in [1.29, 1.82) is 0 Å². The van der Waals surface area contributed by atoms with E-state index in [0.29, 0.717) is 6.42 Å². The van der Waals surface area contributed by atoms with Crippen molar-refractivity contribution in [2.24, 2.45) is 29.6 Å². The predicted octanol–water partition coefficient (Wildman–Crippen LogP) is 1.79. The summed E-state index contributed by atoms with van der Waals surface area (Å²) in [4.78, 5) is 23.1. The van der Waals surface area contributed by atoms with E-state index in [1.54, 1.807) is 0 Å². The van der Waals surface area contributed by atoms with Crippen molar-refractivity contribution in [2.45, 2.75) is 50.5 Å². The first-order valence-corrected chi connectivity index (χ1v) is 7.59. The number of carbonyl (C=O) groups excluding carboxylic acids is 1. The highest BCUT2D eigenvalue weighted by atomic mass is 16.4. The Kier molecular flexibility index (Phi) is 2.31. The molecule has 0 aromatic heterocycles. The van der Waals surface area contributed by atoms with Crippen LogP contribution in [-0.2, 0) is 9.59 Å². The fourth-order valence-corrected chi connectivity index (χ4v) is 5.38. The van der Waals surface area contributed by atoms with E-state index in [2.05, 4.69) is 5.32 Å². The zero-order valence-corrected chi connectivity index (χ0v) is 11.1. The molecule has 0 aliphatic heterocycles. The Bertz CT molecular complexity index is 409. The lowest BCUT2D eigenvalue weighted by Gasteiger charge is -2.57. The molecule has 1 amide bonds. The van der Waals surface area contributed by atoms with Crippen molar-refractivity contribution in [3.63, 3.8) is 0 Å². The van der Waals surface area contributed by atoms with E-state index in [1.165, 1.54) is 19.3 Å². The van der Waals surface area contributed by atoms with Crippen LogP contribution in [0.2, 0.25) is 0 Å². The number of hydrogen-bond donors (Lipinski definition) is 2. The van der Waals surface area contributed by atoms with Gasteiger partial charge in [0.2, 0.25) is 5.91 Å². The molecule has 104 valence electrons. The maximum absolute atomic E-state index is 12.2. The first kappa shape index (κ1) is 11.7. The molecule has 2 atom stereocenters. The molecule has 0 aromatic rings. The van der Waals surface area contributed by atoms with Crippen LogP contribution in [0.3, 0.4) is 0 Å². The Morgan fingerprint density at radius 3 is 1.84 bits per heavy atom. The fourth-order valence-electron chi connectivity index (χ4n) is 5.38. The van der Waals surface area contributed by atoms with Gasteiger partial charge in [-0.15, -0.1) is 0 Å². The summed E-state index contributed by atoms with van der Waals surface area (Å²) in [6.45, 7) is 0. The van der Waals surface area contributed by atoms with Crippen molar-refractivity contribution < 1.29 is 14.7 Å². The van der Waals surface area contributed by atoms with Crippen LogP contribution in [0.25, 0.3) is 0 Å². The highest BCUT2D eigenvalue weighted by Crippen LogP contribution is 2.56. The Hall–Kier alpha value is -1.06. The maximum Gasteiger partial charge on any atom is 0.307 e. The Labute approximate surface area is 112 Å². The zero-order valence-electron chi connectivity index (χ0n) is 11.1. The molecular weight excluding hydrogens is 242 g/mol. The van der Waals surface area contributed by atoms with E-state index in [1.807, 2.05) is 0 Å². The van der Waals surface area contributed by atoms with E-state index in [-0.39, 0.29) is 17.4 Å². The smallest absolute Gasteiger partial charge is 0.307 e. The highest BCUT2D eigenvalue weighted by molar-refractivity contribution is 5.89. The number of aliphatic carboxylic acids is 1. The SMILES string of the molecule is O=C(O)[C@H]1C[C@H]1C(=O)NC12CC3CC(CC(C3)C1)C2. The lowest BCUT2D eigenvalue weighted by atomic mass is 9.53. The van der Waals surface area contributed by atoms with Crippen LogP contribution >= 0.6 is 0 Å². The predicted molar refractivity (Wildman–Crippen MR) is 68.3 cm³/mol. The van der Waals surface area contributed by atoms with Crippen molar-refractivity contribution in [1.82, 2.24) is 5.32 Å². The second-order valence-corrected chi connectivity index (χ2v) is 7.47. The molecule has 0 spiro atoms. The van der Waals surface area contributed by atoms with Gasteiger partial charge in [-0.05, 0) is 62.7 Å². The molecule has 19 heavy (non-hydrogen) atoms. The van der Waals surface area contributed by atoms with Gasteiger partial charge < -0.3 is 10.4 Å². The lowest BCUT2D eigenvalue weighted by Crippen LogP contribution is -2.60. The standard InChI is InChI=1S/C15H21NO3/c17-13(11-4-12(11)14(18)19)16-15-5-8-1-9(6-15)3-10(2-8)7-15/h8-12H,1-7H2,(H,16,17)(H,18,19)/t8?,9?,10?,11-,12+,15?/m1/s1. The molecule has 5 saturated carbocycles. The minimum atomic E-state index is -0.814. The Morgan fingerprint density at radius 1 is 0.895 bits per heavy atom. The van der Waals surface area contributed by atoms with Gasteiger partial charge >= 0.3 is 5.97 Å². The molecule has 5 aliphatic carbocycles. The van der Waals surface area contributed by atoms with Gasteiger partial charge in [0.05, 0.1) is 11.8 Å². The topological polar surface area (TPSA) is 66.4 Å². The van der Waals surface area contributed by atoms with Gasteiger partial charge in [0.1, 0.15) is 0 Å². The van der Waals surface area contributed by atoms with Crippen LogP contribution < -0.4 is 5.32 Å². The number of amides is 1. The molecule has 5 aliphatic rings. The van der Waals surface area contributed by atoms with Crippen LogP contribution in [0.1, 0.15) is 44.9 Å². The number of nitrogens with one attached hydrogen (secondary N) is 1. The maximum atomic E-state index is 12.2. The molecular formula is C15H21NO3. The van der Waals surface area contributed by atoms with Crippen LogP contribution in [0.15, 0.2) is 0 Å². The molecule has 4 heteroatoms.